The van der Waals surface area contributed by atoms with E-state index in [2.05, 4.69) is 9.44 Å². The van der Waals surface area contributed by atoms with Crippen LogP contribution in [0.3, 0.4) is 0 Å². The summed E-state index contributed by atoms with van der Waals surface area (Å²) >= 11 is 0. The molecular formula is C18H29FN2O5S2. The zero-order valence-corrected chi connectivity index (χ0v) is 17.9. The Morgan fingerprint density at radius 1 is 1.18 bits per heavy atom. The zero-order chi connectivity index (χ0) is 20.8. The Hall–Kier alpha value is -1.23. The lowest BCUT2D eigenvalue weighted by Crippen LogP contribution is -2.50. The molecule has 0 aliphatic heterocycles. The molecule has 1 saturated carbocycles. The third-order valence-electron chi connectivity index (χ3n) is 4.70. The van der Waals surface area contributed by atoms with Gasteiger partial charge in [-0.2, -0.15) is 0 Å². The van der Waals surface area contributed by atoms with Crippen molar-refractivity contribution in [2.45, 2.75) is 50.7 Å². The Labute approximate surface area is 167 Å². The fraction of sp³-hybridized carbons (Fsp3) is 0.667. The Balaban J connectivity index is 2.06. The second-order valence-corrected chi connectivity index (χ2v) is 10.8. The van der Waals surface area contributed by atoms with Crippen molar-refractivity contribution < 1.29 is 26.0 Å². The molecule has 0 spiro atoms. The summed E-state index contributed by atoms with van der Waals surface area (Å²) in [6.45, 7) is 2.05. The van der Waals surface area contributed by atoms with Gasteiger partial charge in [-0.3, -0.25) is 0 Å². The van der Waals surface area contributed by atoms with Crippen molar-refractivity contribution in [1.29, 1.82) is 0 Å². The number of hydrogen-bond donors (Lipinski definition) is 2. The van der Waals surface area contributed by atoms with E-state index in [1.807, 2.05) is 0 Å². The highest BCUT2D eigenvalue weighted by Gasteiger charge is 2.44. The molecule has 1 aliphatic rings. The Morgan fingerprint density at radius 2 is 1.86 bits per heavy atom. The molecule has 2 atom stereocenters. The summed E-state index contributed by atoms with van der Waals surface area (Å²) in [7, 11) is -6.79. The summed E-state index contributed by atoms with van der Waals surface area (Å²) in [5, 5.41) is 0. The number of rotatable bonds is 10. The molecule has 1 aliphatic carbocycles. The fourth-order valence-corrected chi connectivity index (χ4v) is 5.25. The van der Waals surface area contributed by atoms with Crippen LogP contribution in [0, 0.1) is 0 Å². The van der Waals surface area contributed by atoms with Crippen LogP contribution in [0.2, 0.25) is 0 Å². The number of alkyl halides is 1. The van der Waals surface area contributed by atoms with Gasteiger partial charge in [0, 0.05) is 6.54 Å². The van der Waals surface area contributed by atoms with E-state index >= 15 is 4.39 Å². The minimum atomic E-state index is -3.52. The molecule has 0 radical (unpaired) electrons. The molecule has 0 aromatic heterocycles. The SMILES string of the molecule is CCCS(=O)(=O)NC1CCCCC1(F)c1ccc(OCCNS(C)(=O)=O)cc1. The average Bonchev–Trinajstić information content (AvgIpc) is 2.60. The van der Waals surface area contributed by atoms with Crippen LogP contribution in [0.15, 0.2) is 24.3 Å². The number of benzene rings is 1. The highest BCUT2D eigenvalue weighted by atomic mass is 32.2. The van der Waals surface area contributed by atoms with Crippen molar-refractivity contribution in [3.63, 3.8) is 0 Å². The Kier molecular flexibility index (Phi) is 7.83. The Bertz CT molecular complexity index is 843. The van der Waals surface area contributed by atoms with Crippen LogP contribution in [0.25, 0.3) is 0 Å². The molecule has 2 rings (SSSR count). The van der Waals surface area contributed by atoms with Crippen LogP contribution in [-0.2, 0) is 25.7 Å². The first-order valence-corrected chi connectivity index (χ1v) is 13.0. The van der Waals surface area contributed by atoms with Gasteiger partial charge in [0.15, 0.2) is 5.67 Å². The molecule has 0 bridgehead atoms. The summed E-state index contributed by atoms with van der Waals surface area (Å²) in [4.78, 5) is 0. The van der Waals surface area contributed by atoms with Crippen LogP contribution in [-0.4, -0.2) is 48.0 Å². The van der Waals surface area contributed by atoms with E-state index in [1.165, 1.54) is 0 Å². The van der Waals surface area contributed by atoms with Gasteiger partial charge in [-0.15, -0.1) is 0 Å². The monoisotopic (exact) mass is 436 g/mol. The largest absolute Gasteiger partial charge is 0.492 e. The van der Waals surface area contributed by atoms with Crippen LogP contribution in [0.5, 0.6) is 5.75 Å². The summed E-state index contributed by atoms with van der Waals surface area (Å²) in [5.41, 5.74) is -1.35. The van der Waals surface area contributed by atoms with Crippen LogP contribution < -0.4 is 14.2 Å². The van der Waals surface area contributed by atoms with Gasteiger partial charge in [-0.1, -0.05) is 25.5 Å². The van der Waals surface area contributed by atoms with E-state index < -0.39 is 31.8 Å². The quantitative estimate of drug-likeness (QED) is 0.547. The van der Waals surface area contributed by atoms with Gasteiger partial charge in [0.2, 0.25) is 20.0 Å². The predicted molar refractivity (Wildman–Crippen MR) is 107 cm³/mol. The second-order valence-electron chi connectivity index (χ2n) is 7.14. The molecule has 0 amide bonds. The maximum Gasteiger partial charge on any atom is 0.211 e. The predicted octanol–water partition coefficient (Wildman–Crippen LogP) is 2.05. The van der Waals surface area contributed by atoms with Crippen LogP contribution >= 0.6 is 0 Å². The van der Waals surface area contributed by atoms with E-state index in [9.17, 15) is 16.8 Å². The standard InChI is InChI=1S/C18H29FN2O5S2/c1-3-14-28(24,25)21-17-6-4-5-11-18(17,19)15-7-9-16(10-8-15)26-13-12-20-27(2,22)23/h7-10,17,20-21H,3-6,11-14H2,1-2H3. The molecule has 1 fully saturated rings. The number of hydrogen-bond acceptors (Lipinski definition) is 5. The molecular weight excluding hydrogens is 407 g/mol. The minimum absolute atomic E-state index is 0.0200. The van der Waals surface area contributed by atoms with Gasteiger partial charge in [0.05, 0.1) is 18.1 Å². The average molecular weight is 437 g/mol. The number of ether oxygens (including phenoxy) is 1. The maximum absolute atomic E-state index is 15.9. The maximum atomic E-state index is 15.9. The van der Waals surface area contributed by atoms with Crippen LogP contribution in [0.1, 0.15) is 44.6 Å². The van der Waals surface area contributed by atoms with E-state index in [1.54, 1.807) is 31.2 Å². The fourth-order valence-electron chi connectivity index (χ4n) is 3.40. The van der Waals surface area contributed by atoms with Crippen LogP contribution in [0.4, 0.5) is 4.39 Å². The van der Waals surface area contributed by atoms with E-state index in [0.717, 1.165) is 12.7 Å². The van der Waals surface area contributed by atoms with Gasteiger partial charge < -0.3 is 4.74 Å². The number of nitrogens with one attached hydrogen (secondary N) is 2. The molecule has 160 valence electrons. The van der Waals surface area contributed by atoms with Gasteiger partial charge in [0.1, 0.15) is 12.4 Å². The van der Waals surface area contributed by atoms with Gasteiger partial charge in [0.25, 0.3) is 0 Å². The third-order valence-corrected chi connectivity index (χ3v) is 7.02. The summed E-state index contributed by atoms with van der Waals surface area (Å²) in [5.74, 6) is 0.468. The molecule has 1 aromatic rings. The topological polar surface area (TPSA) is 102 Å². The molecule has 7 nitrogen and oxygen atoms in total. The molecule has 28 heavy (non-hydrogen) atoms. The smallest absolute Gasteiger partial charge is 0.211 e. The van der Waals surface area contributed by atoms with E-state index in [-0.39, 0.29) is 25.3 Å². The second kappa shape index (κ2) is 9.51. The summed E-state index contributed by atoms with van der Waals surface area (Å²) < 4.78 is 72.5. The van der Waals surface area contributed by atoms with Crippen molar-refractivity contribution >= 4 is 20.0 Å². The number of halogens is 1. The molecule has 10 heteroatoms. The highest BCUT2D eigenvalue weighted by molar-refractivity contribution is 7.89. The molecule has 1 aromatic carbocycles. The van der Waals surface area contributed by atoms with Crippen molar-refractivity contribution in [2.24, 2.45) is 0 Å². The van der Waals surface area contributed by atoms with Crippen molar-refractivity contribution in [2.75, 3.05) is 25.2 Å². The zero-order valence-electron chi connectivity index (χ0n) is 16.3. The van der Waals surface area contributed by atoms with Crippen molar-refractivity contribution in [3.05, 3.63) is 29.8 Å². The number of sulfonamides is 2. The molecule has 0 saturated heterocycles. The lowest BCUT2D eigenvalue weighted by molar-refractivity contribution is 0.0713. The molecule has 2 unspecified atom stereocenters. The highest BCUT2D eigenvalue weighted by Crippen LogP contribution is 2.41. The normalized spacial score (nSPS) is 23.5. The molecule has 0 heterocycles. The van der Waals surface area contributed by atoms with Crippen molar-refractivity contribution in [3.8, 4) is 5.75 Å². The Morgan fingerprint density at radius 3 is 2.46 bits per heavy atom. The first kappa shape index (κ1) is 23.1. The van der Waals surface area contributed by atoms with Gasteiger partial charge >= 0.3 is 0 Å². The van der Waals surface area contributed by atoms with Gasteiger partial charge in [-0.25, -0.2) is 30.7 Å². The van der Waals surface area contributed by atoms with E-state index in [0.29, 0.717) is 30.6 Å². The first-order valence-electron chi connectivity index (χ1n) is 9.42. The lowest BCUT2D eigenvalue weighted by Gasteiger charge is -2.38. The van der Waals surface area contributed by atoms with Gasteiger partial charge in [-0.05, 0) is 43.4 Å². The lowest BCUT2D eigenvalue weighted by atomic mass is 9.77. The third kappa shape index (κ3) is 6.68. The summed E-state index contributed by atoms with van der Waals surface area (Å²) in [6.07, 6.45) is 3.72. The first-order chi connectivity index (χ1) is 13.1. The molecule has 2 N–H and O–H groups in total. The summed E-state index contributed by atoms with van der Waals surface area (Å²) in [6, 6.07) is 5.65. The minimum Gasteiger partial charge on any atom is -0.492 e. The van der Waals surface area contributed by atoms with Crippen molar-refractivity contribution in [1.82, 2.24) is 9.44 Å². The van der Waals surface area contributed by atoms with E-state index in [4.69, 9.17) is 4.74 Å².